The predicted octanol–water partition coefficient (Wildman–Crippen LogP) is 4.49. The first-order valence-electron chi connectivity index (χ1n) is 6.87. The lowest BCUT2D eigenvalue weighted by Gasteiger charge is -2.17. The van der Waals surface area contributed by atoms with Crippen LogP contribution in [0.25, 0.3) is 0 Å². The number of hydrogen-bond acceptors (Lipinski definition) is 3. The van der Waals surface area contributed by atoms with Crippen molar-refractivity contribution in [3.63, 3.8) is 0 Å². The van der Waals surface area contributed by atoms with Gasteiger partial charge in [0, 0.05) is 23.7 Å². The van der Waals surface area contributed by atoms with Crippen LogP contribution in [-0.4, -0.2) is 12.5 Å². The number of benzene rings is 2. The highest BCUT2D eigenvalue weighted by molar-refractivity contribution is 6.35. The van der Waals surface area contributed by atoms with Crippen LogP contribution in [0.1, 0.15) is 12.8 Å². The maximum atomic E-state index is 11.8. The van der Waals surface area contributed by atoms with E-state index in [0.717, 1.165) is 18.7 Å². The molecule has 1 amide bonds. The molecule has 1 aliphatic heterocycles. The smallest absolute Gasteiger partial charge is 0.227 e. The van der Waals surface area contributed by atoms with Gasteiger partial charge in [-0.05, 0) is 42.8 Å². The zero-order chi connectivity index (χ0) is 15.7. The molecule has 2 aromatic rings. The van der Waals surface area contributed by atoms with E-state index in [0.29, 0.717) is 33.7 Å². The summed E-state index contributed by atoms with van der Waals surface area (Å²) in [5.74, 6) is 1.08. The van der Waals surface area contributed by atoms with E-state index in [1.54, 1.807) is 35.2 Å². The highest BCUT2D eigenvalue weighted by Crippen LogP contribution is 2.36. The van der Waals surface area contributed by atoms with Crippen molar-refractivity contribution in [2.75, 3.05) is 17.2 Å². The van der Waals surface area contributed by atoms with Crippen molar-refractivity contribution in [2.45, 2.75) is 12.8 Å². The third-order valence-corrected chi connectivity index (χ3v) is 4.02. The fourth-order valence-corrected chi connectivity index (χ4v) is 2.84. The molecule has 0 bridgehead atoms. The van der Waals surface area contributed by atoms with Crippen molar-refractivity contribution >= 4 is 40.5 Å². The Morgan fingerprint density at radius 2 is 1.86 bits per heavy atom. The molecule has 3 rings (SSSR count). The summed E-state index contributed by atoms with van der Waals surface area (Å²) in [7, 11) is 0. The maximum Gasteiger partial charge on any atom is 0.227 e. The SMILES string of the molecule is Nc1cc(N2CCCC2=O)ccc1Oc1ccc(Cl)cc1Cl. The van der Waals surface area contributed by atoms with E-state index in [-0.39, 0.29) is 5.91 Å². The summed E-state index contributed by atoms with van der Waals surface area (Å²) in [4.78, 5) is 13.5. The van der Waals surface area contributed by atoms with Crippen LogP contribution >= 0.6 is 23.2 Å². The van der Waals surface area contributed by atoms with Crippen LogP contribution in [0.3, 0.4) is 0 Å². The van der Waals surface area contributed by atoms with Crippen molar-refractivity contribution in [2.24, 2.45) is 0 Å². The molecule has 0 atom stereocenters. The summed E-state index contributed by atoms with van der Waals surface area (Å²) >= 11 is 11.9. The molecule has 0 aromatic heterocycles. The molecule has 4 nitrogen and oxygen atoms in total. The molecule has 0 radical (unpaired) electrons. The number of nitrogens with zero attached hydrogens (tertiary/aromatic N) is 1. The molecule has 1 aliphatic rings. The monoisotopic (exact) mass is 336 g/mol. The lowest BCUT2D eigenvalue weighted by atomic mass is 10.2. The normalized spacial score (nSPS) is 14.5. The lowest BCUT2D eigenvalue weighted by Crippen LogP contribution is -2.23. The van der Waals surface area contributed by atoms with Crippen LogP contribution < -0.4 is 15.4 Å². The number of ether oxygens (including phenoxy) is 1. The largest absolute Gasteiger partial charge is 0.454 e. The molecule has 1 saturated heterocycles. The second kappa shape index (κ2) is 6.07. The molecule has 6 heteroatoms. The molecule has 0 unspecified atom stereocenters. The average Bonchev–Trinajstić information content (AvgIpc) is 2.90. The molecule has 2 N–H and O–H groups in total. The molecular weight excluding hydrogens is 323 g/mol. The second-order valence-electron chi connectivity index (χ2n) is 5.05. The number of rotatable bonds is 3. The molecule has 0 spiro atoms. The van der Waals surface area contributed by atoms with Gasteiger partial charge in [-0.15, -0.1) is 0 Å². The number of halogens is 2. The quantitative estimate of drug-likeness (QED) is 0.840. The van der Waals surface area contributed by atoms with Crippen LogP contribution in [0.5, 0.6) is 11.5 Å². The van der Waals surface area contributed by atoms with Gasteiger partial charge in [0.2, 0.25) is 5.91 Å². The van der Waals surface area contributed by atoms with Gasteiger partial charge in [-0.3, -0.25) is 4.79 Å². The van der Waals surface area contributed by atoms with Gasteiger partial charge < -0.3 is 15.4 Å². The van der Waals surface area contributed by atoms with Gasteiger partial charge in [-0.25, -0.2) is 0 Å². The third-order valence-electron chi connectivity index (χ3n) is 3.49. The molecule has 1 heterocycles. The zero-order valence-electron chi connectivity index (χ0n) is 11.7. The van der Waals surface area contributed by atoms with E-state index >= 15 is 0 Å². The van der Waals surface area contributed by atoms with Gasteiger partial charge in [0.05, 0.1) is 10.7 Å². The number of carbonyl (C=O) groups is 1. The fourth-order valence-electron chi connectivity index (χ4n) is 2.39. The molecule has 114 valence electrons. The molecular formula is C16H14Cl2N2O2. The number of nitrogen functional groups attached to an aromatic ring is 1. The number of anilines is 2. The Morgan fingerprint density at radius 1 is 1.09 bits per heavy atom. The van der Waals surface area contributed by atoms with E-state index in [4.69, 9.17) is 33.7 Å². The number of nitrogens with two attached hydrogens (primary N) is 1. The fraction of sp³-hybridized carbons (Fsp3) is 0.188. The van der Waals surface area contributed by atoms with E-state index in [9.17, 15) is 4.79 Å². The first kappa shape index (κ1) is 15.0. The van der Waals surface area contributed by atoms with Crippen LogP contribution in [-0.2, 0) is 4.79 Å². The number of carbonyl (C=O) groups excluding carboxylic acids is 1. The van der Waals surface area contributed by atoms with Gasteiger partial charge in [-0.2, -0.15) is 0 Å². The minimum atomic E-state index is 0.119. The lowest BCUT2D eigenvalue weighted by molar-refractivity contribution is -0.117. The Bertz CT molecular complexity index is 734. The first-order valence-corrected chi connectivity index (χ1v) is 7.63. The zero-order valence-corrected chi connectivity index (χ0v) is 13.2. The molecule has 0 saturated carbocycles. The van der Waals surface area contributed by atoms with Crippen LogP contribution in [0, 0.1) is 0 Å². The van der Waals surface area contributed by atoms with Gasteiger partial charge in [0.25, 0.3) is 0 Å². The minimum Gasteiger partial charge on any atom is -0.454 e. The Labute approximate surface area is 138 Å². The Kier molecular flexibility index (Phi) is 4.14. The standard InChI is InChI=1S/C16H14Cl2N2O2/c17-10-3-5-14(12(18)8-10)22-15-6-4-11(9-13(15)19)20-7-1-2-16(20)21/h3-6,8-9H,1-2,7,19H2. The van der Waals surface area contributed by atoms with Crippen molar-refractivity contribution in [1.29, 1.82) is 0 Å². The molecule has 0 aliphatic carbocycles. The summed E-state index contributed by atoms with van der Waals surface area (Å²) in [6.45, 7) is 0.724. The average molecular weight is 337 g/mol. The first-order chi connectivity index (χ1) is 10.5. The van der Waals surface area contributed by atoms with E-state index < -0.39 is 0 Å². The van der Waals surface area contributed by atoms with Crippen molar-refractivity contribution in [3.05, 3.63) is 46.4 Å². The Hall–Kier alpha value is -1.91. The van der Waals surface area contributed by atoms with Gasteiger partial charge in [-0.1, -0.05) is 23.2 Å². The summed E-state index contributed by atoms with van der Waals surface area (Å²) in [6.07, 6.45) is 1.45. The van der Waals surface area contributed by atoms with Crippen LogP contribution in [0.15, 0.2) is 36.4 Å². The van der Waals surface area contributed by atoms with E-state index in [2.05, 4.69) is 0 Å². The number of hydrogen-bond donors (Lipinski definition) is 1. The Morgan fingerprint density at radius 3 is 2.50 bits per heavy atom. The molecule has 22 heavy (non-hydrogen) atoms. The van der Waals surface area contributed by atoms with Gasteiger partial charge in [0.15, 0.2) is 5.75 Å². The predicted molar refractivity (Wildman–Crippen MR) is 89.0 cm³/mol. The summed E-state index contributed by atoms with van der Waals surface area (Å²) < 4.78 is 5.72. The highest BCUT2D eigenvalue weighted by Gasteiger charge is 2.22. The number of amides is 1. The second-order valence-corrected chi connectivity index (χ2v) is 5.89. The topological polar surface area (TPSA) is 55.6 Å². The summed E-state index contributed by atoms with van der Waals surface area (Å²) in [5, 5.41) is 0.943. The minimum absolute atomic E-state index is 0.119. The van der Waals surface area contributed by atoms with Gasteiger partial charge >= 0.3 is 0 Å². The van der Waals surface area contributed by atoms with Crippen LogP contribution in [0.2, 0.25) is 10.0 Å². The van der Waals surface area contributed by atoms with E-state index in [1.165, 1.54) is 0 Å². The van der Waals surface area contributed by atoms with E-state index in [1.807, 2.05) is 6.07 Å². The van der Waals surface area contributed by atoms with Crippen molar-refractivity contribution in [3.8, 4) is 11.5 Å². The molecule has 2 aromatic carbocycles. The summed E-state index contributed by atoms with van der Waals surface area (Å²) in [6, 6.07) is 10.3. The Balaban J connectivity index is 1.84. The van der Waals surface area contributed by atoms with Crippen molar-refractivity contribution < 1.29 is 9.53 Å². The van der Waals surface area contributed by atoms with Gasteiger partial charge in [0.1, 0.15) is 5.75 Å². The highest BCUT2D eigenvalue weighted by atomic mass is 35.5. The molecule has 1 fully saturated rings. The third kappa shape index (κ3) is 2.98. The van der Waals surface area contributed by atoms with Crippen molar-refractivity contribution in [1.82, 2.24) is 0 Å². The van der Waals surface area contributed by atoms with Crippen LogP contribution in [0.4, 0.5) is 11.4 Å². The summed E-state index contributed by atoms with van der Waals surface area (Å²) in [5.41, 5.74) is 7.26. The maximum absolute atomic E-state index is 11.8.